The van der Waals surface area contributed by atoms with Crippen molar-refractivity contribution >= 4 is 13.1 Å². The van der Waals surface area contributed by atoms with Crippen molar-refractivity contribution < 1.29 is 64.3 Å². The van der Waals surface area contributed by atoms with Gasteiger partial charge in [-0.3, -0.25) is 0 Å². The van der Waals surface area contributed by atoms with Crippen LogP contribution in [-0.4, -0.2) is 6.98 Å². The third kappa shape index (κ3) is 5.54. The first-order chi connectivity index (χ1) is 6.53. The van der Waals surface area contributed by atoms with Crippen LogP contribution < -0.4 is 51.4 Å². The van der Waals surface area contributed by atoms with Crippen LogP contribution in [0.15, 0.2) is 30.2 Å². The molecule has 1 aromatic carbocycles. The topological polar surface area (TPSA) is 23.8 Å². The number of nitriles is 1. The Morgan fingerprint density at radius 2 is 1.80 bits per heavy atom. The molecule has 0 aromatic heterocycles. The van der Waals surface area contributed by atoms with Gasteiger partial charge in [-0.25, -0.2) is 0 Å². The molecule has 0 spiro atoms. The molecule has 0 saturated carbocycles. The minimum atomic E-state index is -4.94. The third-order valence-corrected chi connectivity index (χ3v) is 1.58. The van der Waals surface area contributed by atoms with Crippen LogP contribution in [0.2, 0.25) is 0 Å². The van der Waals surface area contributed by atoms with E-state index >= 15 is 0 Å². The van der Waals surface area contributed by atoms with Crippen LogP contribution in [0.3, 0.4) is 0 Å². The SMILES string of the molecule is N#Cc1ccccc1/C=C/[B-](F)(F)F.[K+]. The van der Waals surface area contributed by atoms with Crippen molar-refractivity contribution in [1.82, 2.24) is 0 Å². The van der Waals surface area contributed by atoms with Crippen LogP contribution >= 0.6 is 0 Å². The fraction of sp³-hybridized carbons (Fsp3) is 0. The molecule has 0 radical (unpaired) electrons. The molecule has 0 atom stereocenters. The van der Waals surface area contributed by atoms with Crippen molar-refractivity contribution in [2.24, 2.45) is 0 Å². The second-order valence-electron chi connectivity index (χ2n) is 2.68. The molecule has 0 aliphatic carbocycles. The van der Waals surface area contributed by atoms with Gasteiger partial charge in [0.25, 0.3) is 0 Å². The zero-order valence-corrected chi connectivity index (χ0v) is 11.2. The molecule has 15 heavy (non-hydrogen) atoms. The zero-order valence-electron chi connectivity index (χ0n) is 8.12. The maximum Gasteiger partial charge on any atom is 1.00 e. The minimum Gasteiger partial charge on any atom is -0.445 e. The predicted octanol–water partition coefficient (Wildman–Crippen LogP) is -0.0379. The Morgan fingerprint density at radius 1 is 1.20 bits per heavy atom. The normalized spacial score (nSPS) is 10.8. The van der Waals surface area contributed by atoms with Crippen molar-refractivity contribution in [3.63, 3.8) is 0 Å². The summed E-state index contributed by atoms with van der Waals surface area (Å²) in [5, 5.41) is 8.59. The van der Waals surface area contributed by atoms with Gasteiger partial charge in [-0.1, -0.05) is 24.3 Å². The van der Waals surface area contributed by atoms with E-state index in [9.17, 15) is 12.9 Å². The zero-order chi connectivity index (χ0) is 10.6. The smallest absolute Gasteiger partial charge is 0.445 e. The number of nitrogens with zero attached hydrogens (tertiary/aromatic N) is 1. The van der Waals surface area contributed by atoms with Gasteiger partial charge in [0, 0.05) is 0 Å². The summed E-state index contributed by atoms with van der Waals surface area (Å²) in [6.07, 6.45) is 0.915. The van der Waals surface area contributed by atoms with Gasteiger partial charge in [0.2, 0.25) is 0 Å². The summed E-state index contributed by atoms with van der Waals surface area (Å²) in [6, 6.07) is 7.96. The van der Waals surface area contributed by atoms with Gasteiger partial charge in [0.1, 0.15) is 0 Å². The first-order valence-corrected chi connectivity index (χ1v) is 3.91. The summed E-state index contributed by atoms with van der Waals surface area (Å²) in [7, 11) is 0. The van der Waals surface area contributed by atoms with Gasteiger partial charge >= 0.3 is 58.4 Å². The Kier molecular flexibility index (Phi) is 6.48. The average Bonchev–Trinajstić information content (AvgIpc) is 2.14. The maximum atomic E-state index is 11.9. The fourth-order valence-corrected chi connectivity index (χ4v) is 0.957. The number of hydrogen-bond acceptors (Lipinski definition) is 1. The molecule has 0 amide bonds. The van der Waals surface area contributed by atoms with Crippen LogP contribution in [0.4, 0.5) is 12.9 Å². The van der Waals surface area contributed by atoms with Crippen LogP contribution in [0, 0.1) is 11.3 Å². The molecule has 0 fully saturated rings. The Bertz CT molecular complexity index is 395. The molecular weight excluding hydrogens is 229 g/mol. The van der Waals surface area contributed by atoms with E-state index in [-0.39, 0.29) is 68.5 Å². The molecule has 1 rings (SSSR count). The number of hydrogen-bond donors (Lipinski definition) is 0. The average molecular weight is 235 g/mol. The Labute approximate surface area is 128 Å². The van der Waals surface area contributed by atoms with E-state index in [1.807, 2.05) is 6.07 Å². The summed E-state index contributed by atoms with van der Waals surface area (Å²) in [5.74, 6) is 0.177. The van der Waals surface area contributed by atoms with Gasteiger partial charge < -0.3 is 12.9 Å². The molecular formula is C9H6BF3KN. The molecule has 72 valence electrons. The standard InChI is InChI=1S/C9H6BF3N.K/c11-10(12,13)6-5-8-3-1-2-4-9(8)7-14;/h1-6H;/q-1;+1/b6-5+;. The van der Waals surface area contributed by atoms with E-state index in [1.54, 1.807) is 12.1 Å². The van der Waals surface area contributed by atoms with Crippen molar-refractivity contribution in [2.45, 2.75) is 0 Å². The van der Waals surface area contributed by atoms with E-state index in [0.717, 1.165) is 6.08 Å². The maximum absolute atomic E-state index is 11.9. The summed E-state index contributed by atoms with van der Waals surface area (Å²) in [6.45, 7) is -4.94. The Morgan fingerprint density at radius 3 is 2.33 bits per heavy atom. The summed E-state index contributed by atoms with van der Waals surface area (Å²) >= 11 is 0. The van der Waals surface area contributed by atoms with Gasteiger partial charge in [-0.15, -0.1) is 5.98 Å². The quantitative estimate of drug-likeness (QED) is 0.660. The van der Waals surface area contributed by atoms with Crippen molar-refractivity contribution in [1.29, 1.82) is 5.26 Å². The molecule has 0 unspecified atom stereocenters. The fourth-order valence-electron chi connectivity index (χ4n) is 0.957. The van der Waals surface area contributed by atoms with Crippen molar-refractivity contribution in [3.8, 4) is 6.07 Å². The second-order valence-corrected chi connectivity index (χ2v) is 2.68. The van der Waals surface area contributed by atoms with Gasteiger partial charge in [-0.05, 0) is 11.6 Å². The second kappa shape index (κ2) is 6.51. The molecule has 1 aromatic rings. The Balaban J connectivity index is 0.00000196. The number of halogens is 3. The first-order valence-electron chi connectivity index (χ1n) is 3.91. The third-order valence-electron chi connectivity index (χ3n) is 1.58. The molecule has 0 aliphatic rings. The van der Waals surface area contributed by atoms with Crippen molar-refractivity contribution in [2.75, 3.05) is 0 Å². The molecule has 0 heterocycles. The van der Waals surface area contributed by atoms with Crippen LogP contribution in [0.1, 0.15) is 11.1 Å². The van der Waals surface area contributed by atoms with E-state index in [2.05, 4.69) is 0 Å². The van der Waals surface area contributed by atoms with Crippen LogP contribution in [0.5, 0.6) is 0 Å². The van der Waals surface area contributed by atoms with Gasteiger partial charge in [0.15, 0.2) is 0 Å². The molecule has 0 aliphatic heterocycles. The largest absolute Gasteiger partial charge is 1.00 e. The summed E-state index contributed by atoms with van der Waals surface area (Å²) in [5.41, 5.74) is 0.526. The first kappa shape index (κ1) is 14.9. The van der Waals surface area contributed by atoms with E-state index in [4.69, 9.17) is 5.26 Å². The van der Waals surface area contributed by atoms with E-state index in [0.29, 0.717) is 0 Å². The van der Waals surface area contributed by atoms with Crippen LogP contribution in [0.25, 0.3) is 6.08 Å². The monoisotopic (exact) mass is 235 g/mol. The molecule has 0 bridgehead atoms. The predicted molar refractivity (Wildman–Crippen MR) is 49.3 cm³/mol. The van der Waals surface area contributed by atoms with Crippen molar-refractivity contribution in [3.05, 3.63) is 41.4 Å². The minimum absolute atomic E-state index is 0. The van der Waals surface area contributed by atoms with Gasteiger partial charge in [0.05, 0.1) is 11.6 Å². The van der Waals surface area contributed by atoms with E-state index < -0.39 is 6.98 Å². The summed E-state index contributed by atoms with van der Waals surface area (Å²) < 4.78 is 35.6. The van der Waals surface area contributed by atoms with Crippen LogP contribution in [-0.2, 0) is 0 Å². The Hall–Kier alpha value is -0.0587. The van der Waals surface area contributed by atoms with E-state index in [1.165, 1.54) is 12.1 Å². The molecule has 0 N–H and O–H groups in total. The number of benzene rings is 1. The molecule has 1 nitrogen and oxygen atoms in total. The molecule has 0 saturated heterocycles. The molecule has 6 heteroatoms. The van der Waals surface area contributed by atoms with Gasteiger partial charge in [-0.2, -0.15) is 5.26 Å². The number of rotatable bonds is 2. The summed E-state index contributed by atoms with van der Waals surface area (Å²) in [4.78, 5) is 0.